The number of rotatable bonds is 3. The third kappa shape index (κ3) is 3.21. The van der Waals surface area contributed by atoms with Crippen molar-refractivity contribution >= 4 is 23.2 Å². The second kappa shape index (κ2) is 6.42. The summed E-state index contributed by atoms with van der Waals surface area (Å²) in [4.78, 5) is 7.93. The minimum atomic E-state index is -1.29. The lowest BCUT2D eigenvalue weighted by Crippen LogP contribution is -2.32. The predicted molar refractivity (Wildman–Crippen MR) is 93.6 cm³/mol. The van der Waals surface area contributed by atoms with Crippen molar-refractivity contribution in [1.82, 2.24) is 19.6 Å². The SMILES string of the molecule is [2H][C@](C)(Nc1c(-c2c(F)cc(F)cc2F)c(Cl)nc2ncnn12)C(C)(C)C. The zero-order chi connectivity index (χ0) is 20.1. The normalized spacial score (nSPS) is 15.0. The molecular weight excluding hydrogens is 367 g/mol. The lowest BCUT2D eigenvalue weighted by Gasteiger charge is -2.30. The standard InChI is InChI=1S/C17H17ClF3N5/c1-8(17(2,3)4)24-15-13(12-10(20)5-9(19)6-11(12)21)14(18)25-16-22-7-23-26(15)16/h5-8,24H,1-4H3/t8-/m1/s1/i8D. The molecule has 0 unspecified atom stereocenters. The van der Waals surface area contributed by atoms with Crippen LogP contribution in [0.4, 0.5) is 19.0 Å². The number of halogens is 4. The summed E-state index contributed by atoms with van der Waals surface area (Å²) in [6.07, 6.45) is 1.20. The number of hydrogen-bond acceptors (Lipinski definition) is 4. The Kier molecular flexibility index (Phi) is 4.22. The molecule has 0 aliphatic heterocycles. The maximum absolute atomic E-state index is 14.5. The fourth-order valence-corrected chi connectivity index (χ4v) is 2.56. The summed E-state index contributed by atoms with van der Waals surface area (Å²) in [7, 11) is 0. The molecule has 0 spiro atoms. The molecule has 0 fully saturated rings. The van der Waals surface area contributed by atoms with Gasteiger partial charge >= 0.3 is 0 Å². The lowest BCUT2D eigenvalue weighted by molar-refractivity contribution is 0.358. The van der Waals surface area contributed by atoms with Crippen molar-refractivity contribution in [1.29, 1.82) is 0 Å². The van der Waals surface area contributed by atoms with E-state index in [1.807, 2.05) is 20.8 Å². The van der Waals surface area contributed by atoms with Crippen molar-refractivity contribution in [2.24, 2.45) is 5.41 Å². The first-order valence-electron chi connectivity index (χ1n) is 8.25. The van der Waals surface area contributed by atoms with E-state index in [4.69, 9.17) is 13.0 Å². The van der Waals surface area contributed by atoms with Gasteiger partial charge in [0.15, 0.2) is 0 Å². The Labute approximate surface area is 154 Å². The Morgan fingerprint density at radius 2 is 1.81 bits per heavy atom. The Morgan fingerprint density at radius 1 is 1.19 bits per heavy atom. The molecule has 3 aromatic rings. The van der Waals surface area contributed by atoms with Gasteiger partial charge in [0.2, 0.25) is 0 Å². The van der Waals surface area contributed by atoms with E-state index in [0.717, 1.165) is 0 Å². The van der Waals surface area contributed by atoms with Crippen LogP contribution in [-0.2, 0) is 0 Å². The average molecular weight is 385 g/mol. The van der Waals surface area contributed by atoms with Gasteiger partial charge in [0, 0.05) is 18.2 Å². The zero-order valence-corrected chi connectivity index (χ0v) is 15.3. The molecule has 0 saturated heterocycles. The van der Waals surface area contributed by atoms with Crippen LogP contribution in [0.25, 0.3) is 16.9 Å². The molecule has 0 amide bonds. The summed E-state index contributed by atoms with van der Waals surface area (Å²) < 4.78 is 52.1. The third-order valence-electron chi connectivity index (χ3n) is 4.07. The van der Waals surface area contributed by atoms with Gasteiger partial charge in [-0.1, -0.05) is 32.4 Å². The van der Waals surface area contributed by atoms with Gasteiger partial charge in [-0.05, 0) is 12.3 Å². The Hall–Kier alpha value is -2.35. The smallest absolute Gasteiger partial charge is 0.255 e. The van der Waals surface area contributed by atoms with Crippen molar-refractivity contribution < 1.29 is 14.5 Å². The fraction of sp³-hybridized carbons (Fsp3) is 0.353. The van der Waals surface area contributed by atoms with Gasteiger partial charge in [-0.25, -0.2) is 13.2 Å². The first-order valence-corrected chi connectivity index (χ1v) is 8.12. The van der Waals surface area contributed by atoms with Crippen LogP contribution in [0.1, 0.15) is 29.1 Å². The molecule has 0 aliphatic carbocycles. The second-order valence-electron chi connectivity index (χ2n) is 6.84. The minimum Gasteiger partial charge on any atom is -0.366 e. The Morgan fingerprint density at radius 3 is 2.38 bits per heavy atom. The van der Waals surface area contributed by atoms with Gasteiger partial charge in [-0.2, -0.15) is 19.6 Å². The van der Waals surface area contributed by atoms with Crippen LogP contribution < -0.4 is 5.32 Å². The molecule has 1 N–H and O–H groups in total. The minimum absolute atomic E-state index is 0.0272. The fourth-order valence-electron chi connectivity index (χ4n) is 2.30. The Balaban J connectivity index is 2.36. The summed E-state index contributed by atoms with van der Waals surface area (Å²) in [5.41, 5.74) is -1.32. The summed E-state index contributed by atoms with van der Waals surface area (Å²) in [6, 6.07) is -0.195. The topological polar surface area (TPSA) is 55.1 Å². The van der Waals surface area contributed by atoms with Crippen LogP contribution in [0.15, 0.2) is 18.5 Å². The summed E-state index contributed by atoms with van der Waals surface area (Å²) in [6.45, 7) is 7.08. The van der Waals surface area contributed by atoms with E-state index in [1.54, 1.807) is 6.92 Å². The molecule has 2 aromatic heterocycles. The first-order chi connectivity index (χ1) is 12.4. The van der Waals surface area contributed by atoms with E-state index in [2.05, 4.69) is 20.4 Å². The molecule has 5 nitrogen and oxygen atoms in total. The molecule has 1 aromatic carbocycles. The van der Waals surface area contributed by atoms with Crippen LogP contribution in [0.5, 0.6) is 0 Å². The number of benzene rings is 1. The molecule has 0 aliphatic rings. The van der Waals surface area contributed by atoms with E-state index in [1.165, 1.54) is 10.8 Å². The monoisotopic (exact) mass is 384 g/mol. The molecule has 2 heterocycles. The van der Waals surface area contributed by atoms with E-state index < -0.39 is 34.4 Å². The highest BCUT2D eigenvalue weighted by molar-refractivity contribution is 6.33. The number of hydrogen-bond donors (Lipinski definition) is 1. The van der Waals surface area contributed by atoms with Gasteiger partial charge in [0.05, 0.1) is 12.5 Å². The predicted octanol–water partition coefficient (Wildman–Crippen LogP) is 4.71. The molecule has 138 valence electrons. The second-order valence-corrected chi connectivity index (χ2v) is 7.20. The molecule has 26 heavy (non-hydrogen) atoms. The largest absolute Gasteiger partial charge is 0.366 e. The van der Waals surface area contributed by atoms with Crippen molar-refractivity contribution in [2.45, 2.75) is 33.7 Å². The van der Waals surface area contributed by atoms with Gasteiger partial charge in [-0.3, -0.25) is 0 Å². The molecule has 0 bridgehead atoms. The maximum atomic E-state index is 14.5. The van der Waals surface area contributed by atoms with E-state index in [-0.39, 0.29) is 22.3 Å². The van der Waals surface area contributed by atoms with E-state index in [9.17, 15) is 13.2 Å². The number of aromatic nitrogens is 4. The molecule has 1 atom stereocenters. The zero-order valence-electron chi connectivity index (χ0n) is 15.5. The quantitative estimate of drug-likeness (QED) is 0.664. The highest BCUT2D eigenvalue weighted by Gasteiger charge is 2.27. The number of anilines is 1. The maximum Gasteiger partial charge on any atom is 0.255 e. The van der Waals surface area contributed by atoms with Crippen LogP contribution in [0.3, 0.4) is 0 Å². The van der Waals surface area contributed by atoms with Crippen LogP contribution in [0.2, 0.25) is 5.15 Å². The van der Waals surface area contributed by atoms with Crippen molar-refractivity contribution in [3.05, 3.63) is 41.1 Å². The lowest BCUT2D eigenvalue weighted by atomic mass is 9.88. The highest BCUT2D eigenvalue weighted by Crippen LogP contribution is 2.38. The molecule has 0 saturated carbocycles. The highest BCUT2D eigenvalue weighted by atomic mass is 35.5. The van der Waals surface area contributed by atoms with Crippen LogP contribution in [0, 0.1) is 22.9 Å². The van der Waals surface area contributed by atoms with E-state index >= 15 is 0 Å². The number of fused-ring (bicyclic) bond motifs is 1. The summed E-state index contributed by atoms with van der Waals surface area (Å²) >= 11 is 6.21. The average Bonchev–Trinajstić information content (AvgIpc) is 2.95. The van der Waals surface area contributed by atoms with Gasteiger partial charge in [-0.15, -0.1) is 0 Å². The molecule has 9 heteroatoms. The molecular formula is C17H17ClF3N5. The van der Waals surface area contributed by atoms with Gasteiger partial charge in [0.25, 0.3) is 5.78 Å². The molecule has 3 rings (SSSR count). The summed E-state index contributed by atoms with van der Waals surface area (Å²) in [5, 5.41) is 6.69. The third-order valence-corrected chi connectivity index (χ3v) is 4.34. The molecule has 0 radical (unpaired) electrons. The van der Waals surface area contributed by atoms with Crippen molar-refractivity contribution in [3.8, 4) is 11.1 Å². The van der Waals surface area contributed by atoms with Crippen molar-refractivity contribution in [3.63, 3.8) is 0 Å². The van der Waals surface area contributed by atoms with Crippen molar-refractivity contribution in [2.75, 3.05) is 5.32 Å². The number of nitrogens with zero attached hydrogens (tertiary/aromatic N) is 4. The van der Waals surface area contributed by atoms with E-state index in [0.29, 0.717) is 12.1 Å². The van der Waals surface area contributed by atoms with Gasteiger partial charge in [0.1, 0.15) is 34.7 Å². The number of nitrogens with one attached hydrogen (secondary N) is 1. The first kappa shape index (κ1) is 17.1. The summed E-state index contributed by atoms with van der Waals surface area (Å²) in [5.74, 6) is -3.25. The van der Waals surface area contributed by atoms with Crippen LogP contribution in [-0.4, -0.2) is 25.6 Å². The van der Waals surface area contributed by atoms with Gasteiger partial charge < -0.3 is 5.32 Å². The Bertz CT molecular complexity index is 1010. The van der Waals surface area contributed by atoms with Crippen LogP contribution >= 0.6 is 11.6 Å².